The fourth-order valence-corrected chi connectivity index (χ4v) is 1.31. The van der Waals surface area contributed by atoms with E-state index < -0.39 is 0 Å². The van der Waals surface area contributed by atoms with Crippen molar-refractivity contribution in [2.45, 2.75) is 0 Å². The predicted octanol–water partition coefficient (Wildman–Crippen LogP) is 2.98. The van der Waals surface area contributed by atoms with E-state index in [2.05, 4.69) is 17.0 Å². The van der Waals surface area contributed by atoms with Gasteiger partial charge >= 0.3 is 21.1 Å². The van der Waals surface area contributed by atoms with Gasteiger partial charge in [-0.05, 0) is 0 Å². The third-order valence-electron chi connectivity index (χ3n) is 2.11. The van der Waals surface area contributed by atoms with E-state index in [4.69, 9.17) is 0 Å². The van der Waals surface area contributed by atoms with Gasteiger partial charge in [-0.3, -0.25) is 0 Å². The summed E-state index contributed by atoms with van der Waals surface area (Å²) in [6.07, 6.45) is 0. The van der Waals surface area contributed by atoms with Gasteiger partial charge in [-0.15, -0.1) is 12.1 Å². The summed E-state index contributed by atoms with van der Waals surface area (Å²) < 4.78 is 0. The fraction of sp³-hybridized carbons (Fsp3) is 0.0769. The first-order valence-electron chi connectivity index (χ1n) is 4.55. The summed E-state index contributed by atoms with van der Waals surface area (Å²) in [5.41, 5.74) is 2.10. The summed E-state index contributed by atoms with van der Waals surface area (Å²) in [5.74, 6) is 0. The number of benzene rings is 2. The molecule has 0 atom stereocenters. The van der Waals surface area contributed by atoms with E-state index in [0.29, 0.717) is 0 Å². The molecule has 0 aliphatic rings. The van der Waals surface area contributed by atoms with Crippen LogP contribution in [-0.4, -0.2) is 7.05 Å². The van der Waals surface area contributed by atoms with Gasteiger partial charge in [0.15, 0.2) is 0 Å². The second-order valence-electron chi connectivity index (χ2n) is 3.05. The van der Waals surface area contributed by atoms with Crippen molar-refractivity contribution in [1.82, 2.24) is 0 Å². The molecule has 0 spiro atoms. The van der Waals surface area contributed by atoms with Crippen LogP contribution < -0.4 is 4.90 Å². The zero-order chi connectivity index (χ0) is 9.80. The minimum atomic E-state index is 0. The molecule has 254 valence electrons. The first-order chi connectivity index (χ1) is 6.88. The average Bonchev–Trinajstić information content (AvgIpc) is 2.30. The van der Waals surface area contributed by atoms with Crippen molar-refractivity contribution < 1.29 is 653 Å². The monoisotopic (exact) mass is 5880 g/mol. The largest absolute Gasteiger partial charge is 2.00 e. The molecule has 2 aromatic carbocycles. The Kier molecular flexibility index (Phi) is 812. The molecule has 0 saturated heterocycles. The molecular weight excluding hydrogens is 5870 g/mol. The fourth-order valence-electron chi connectivity index (χ4n) is 1.31. The van der Waals surface area contributed by atoms with Crippen LogP contribution in [0.15, 0.2) is 48.5 Å². The Labute approximate surface area is 717 Å². The van der Waals surface area contributed by atoms with Gasteiger partial charge in [0.1, 0.15) is 0 Å². The Morgan fingerprint density at radius 1 is 0.311 bits per heavy atom. The van der Waals surface area contributed by atoms with E-state index in [9.17, 15) is 0 Å². The van der Waals surface area contributed by atoms with Gasteiger partial charge in [-0.1, -0.05) is 11.4 Å². The zero-order valence-corrected chi connectivity index (χ0v) is 112. The van der Waals surface area contributed by atoms with Crippen molar-refractivity contribution in [3.8, 4) is 0 Å². The molecule has 2 aromatic rings. The normalized spacial score (nSPS) is 3.04. The molecule has 0 aliphatic heterocycles. The van der Waals surface area contributed by atoms with Gasteiger partial charge in [0.05, 0.1) is 0 Å². The van der Waals surface area contributed by atoms with Crippen LogP contribution in [-0.2, 0) is 653 Å². The van der Waals surface area contributed by atoms with Crippen LogP contribution in [0, 0.1) is 12.1 Å². The smallest absolute Gasteiger partial charge is 0.391 e. The molecule has 0 saturated carbocycles. The summed E-state index contributed by atoms with van der Waals surface area (Å²) in [4.78, 5) is 2.06. The number of anilines is 2. The molecule has 0 radical (unpaired) electrons. The number of para-hydroxylation sites is 2. The molecule has 0 unspecified atom stereocenters. The minimum absolute atomic E-state index is 0. The Hall–Kier alpha value is 19.6. The maximum Gasteiger partial charge on any atom is 2.00 e. The molecule has 1 nitrogen and oxygen atoms in total. The average molecular weight is 5880 g/mol. The minimum Gasteiger partial charge on any atom is -0.391 e. The van der Waals surface area contributed by atoms with E-state index in [0.717, 1.165) is 11.4 Å². The van der Waals surface area contributed by atoms with Crippen molar-refractivity contribution in [2.24, 2.45) is 0 Å². The third-order valence-corrected chi connectivity index (χ3v) is 2.11. The van der Waals surface area contributed by atoms with Gasteiger partial charge in [0.2, 0.25) is 0 Å². The van der Waals surface area contributed by atoms with Crippen molar-refractivity contribution in [1.29, 1.82) is 0 Å². The Morgan fingerprint density at radius 3 is 0.578 bits per heavy atom. The maximum absolute atomic E-state index is 3.17. The summed E-state index contributed by atoms with van der Waals surface area (Å²) in [6.45, 7) is 0. The van der Waals surface area contributed by atoms with Crippen molar-refractivity contribution in [3.63, 3.8) is 0 Å². The Morgan fingerprint density at radius 2 is 0.467 bits per heavy atom. The van der Waals surface area contributed by atoms with Crippen LogP contribution in [0.4, 0.5) is 11.4 Å². The third kappa shape index (κ3) is 127. The first kappa shape index (κ1) is 218. The summed E-state index contributed by atoms with van der Waals surface area (Å²) in [7, 11) is 2.01. The topological polar surface area (TPSA) is 3.24 Å². The Balaban J connectivity index is -0.00000000259. The van der Waals surface area contributed by atoms with E-state index in [1.165, 1.54) is 0 Å². The Bertz CT molecular complexity index is 381. The number of rotatable bonds is 2. The molecule has 0 heterocycles. The first-order valence-corrected chi connectivity index (χ1v) is 4.55. The van der Waals surface area contributed by atoms with Gasteiger partial charge < -0.3 is 4.90 Å². The van der Waals surface area contributed by atoms with Crippen LogP contribution in [0.5, 0.6) is 0 Å². The molecule has 0 amide bonds. The van der Waals surface area contributed by atoms with E-state index >= 15 is 0 Å². The van der Waals surface area contributed by atoms with Crippen LogP contribution >= 0.6 is 0 Å². The van der Waals surface area contributed by atoms with Crippen LogP contribution in [0.3, 0.4) is 0 Å². The predicted molar refractivity (Wildman–Crippen MR) is 58.6 cm³/mol. The van der Waals surface area contributed by atoms with Crippen LogP contribution in [0.2, 0.25) is 0 Å². The van der Waals surface area contributed by atoms with E-state index in [-0.39, 0.29) is 653 Å². The molecule has 0 aromatic heterocycles. The molecule has 0 N–H and O–H groups in total. The molecule has 0 aliphatic carbocycles. The number of nitrogens with zero attached hydrogens (tertiary/aromatic N) is 1. The van der Waals surface area contributed by atoms with Gasteiger partial charge in [0, 0.05) is 639 Å². The SMILES string of the molecule is CN(c1[c-]cccc1)c1[c-]cccc1.[W+2].[W].[W].[W].[W].[W].[W].[W].[W].[W].[W].[W].[W].[W].[W].[W].[W].[W].[W].[W].[W].[W].[W].[W].[W].[W].[W].[W].[W].[W].[W]. The van der Waals surface area contributed by atoms with Gasteiger partial charge in [0.25, 0.3) is 0 Å². The number of hydrogen-bond acceptors (Lipinski definition) is 1. The quantitative estimate of drug-likeness (QED) is 0.419. The molecule has 2 rings (SSSR count). The number of hydrogen-bond donors (Lipinski definition) is 0. The van der Waals surface area contributed by atoms with Gasteiger partial charge in [-0.2, -0.15) is 48.5 Å². The zero-order valence-electron chi connectivity index (χ0n) is 20.7. The van der Waals surface area contributed by atoms with E-state index in [1.807, 2.05) is 55.6 Å². The summed E-state index contributed by atoms with van der Waals surface area (Å²) in [5, 5.41) is 0. The van der Waals surface area contributed by atoms with Crippen LogP contribution in [0.25, 0.3) is 0 Å². The summed E-state index contributed by atoms with van der Waals surface area (Å²) in [6, 6.07) is 22.2. The molecule has 32 heteroatoms. The second-order valence-corrected chi connectivity index (χ2v) is 3.05. The van der Waals surface area contributed by atoms with Gasteiger partial charge in [-0.25, -0.2) is 0 Å². The molecular formula is C13H11NW31. The standard InChI is InChI=1S/C13H11N.31W/c1-14(12-8-4-2-5-9-12)13-10-6-3-7-11-13;;;;;;;;;;;;;;;;;;;;;;;;;;;;;;;/h2-8,10H,1H3;;;;;;;;;;;;;;;;;;;;;;;;;;;;;;;/q-2;;;;;;;;;;;;;;;;;;;;;;;;;;;;;;;+2. The van der Waals surface area contributed by atoms with Crippen LogP contribution in [0.1, 0.15) is 0 Å². The van der Waals surface area contributed by atoms with Crippen molar-refractivity contribution in [2.75, 3.05) is 11.9 Å². The maximum atomic E-state index is 3.17. The van der Waals surface area contributed by atoms with E-state index in [1.54, 1.807) is 0 Å². The molecule has 0 fully saturated rings. The second kappa shape index (κ2) is 167. The van der Waals surface area contributed by atoms with Crippen molar-refractivity contribution >= 4 is 11.4 Å². The molecule has 0 bridgehead atoms. The van der Waals surface area contributed by atoms with Crippen molar-refractivity contribution in [3.05, 3.63) is 60.7 Å². The molecule has 45 heavy (non-hydrogen) atoms. The summed E-state index contributed by atoms with van der Waals surface area (Å²) >= 11 is 0.